The molecule has 2 aromatic carbocycles. The van der Waals surface area contributed by atoms with Crippen LogP contribution >= 0.6 is 0 Å². The Bertz CT molecular complexity index is 1210. The van der Waals surface area contributed by atoms with Gasteiger partial charge >= 0.3 is 0 Å². The summed E-state index contributed by atoms with van der Waals surface area (Å²) < 4.78 is 33.5. The zero-order chi connectivity index (χ0) is 24.6. The van der Waals surface area contributed by atoms with E-state index in [4.69, 9.17) is 4.74 Å². The number of amides is 2. The summed E-state index contributed by atoms with van der Waals surface area (Å²) in [4.78, 5) is 25.6. The van der Waals surface area contributed by atoms with Crippen molar-refractivity contribution in [2.75, 3.05) is 23.7 Å². The topological polar surface area (TPSA) is 114 Å². The number of methoxy groups -OCH3 is 1. The Kier molecular flexibility index (Phi) is 6.21. The summed E-state index contributed by atoms with van der Waals surface area (Å²) in [7, 11) is -2.44. The number of carbonyl (C=O) groups excluding carboxylic acids is 2. The average Bonchev–Trinajstić information content (AvgIpc) is 2.82. The summed E-state index contributed by atoms with van der Waals surface area (Å²) in [5, 5.41) is 5.55. The lowest BCUT2D eigenvalue weighted by Gasteiger charge is -2.55. The van der Waals surface area contributed by atoms with E-state index in [0.29, 0.717) is 34.9 Å². The van der Waals surface area contributed by atoms with Crippen LogP contribution in [-0.2, 0) is 19.6 Å². The Morgan fingerprint density at radius 3 is 2.29 bits per heavy atom. The molecular formula is C26H31N3O5S. The van der Waals surface area contributed by atoms with Crippen LogP contribution in [0.2, 0.25) is 0 Å². The van der Waals surface area contributed by atoms with Crippen molar-refractivity contribution >= 4 is 33.2 Å². The number of anilines is 2. The molecule has 4 aliphatic carbocycles. The monoisotopic (exact) mass is 497 g/mol. The summed E-state index contributed by atoms with van der Waals surface area (Å²) in [6.07, 6.45) is 6.55. The minimum Gasteiger partial charge on any atom is -0.495 e. The quantitative estimate of drug-likeness (QED) is 0.514. The fraction of sp³-hybridized carbons (Fsp3) is 0.462. The molecule has 3 N–H and O–H groups in total. The SMILES string of the molecule is COc1ccccc1NS(=O)(=O)c1cccc(NC(=O)CNC(=O)C23CC4CC(CC(C4)C2)C3)c1. The molecule has 8 nitrogen and oxygen atoms in total. The number of nitrogens with one attached hydrogen (secondary N) is 3. The molecule has 0 atom stereocenters. The maximum absolute atomic E-state index is 13.1. The molecule has 0 radical (unpaired) electrons. The molecule has 0 saturated heterocycles. The molecule has 35 heavy (non-hydrogen) atoms. The van der Waals surface area contributed by atoms with Gasteiger partial charge in [-0.15, -0.1) is 0 Å². The Morgan fingerprint density at radius 1 is 0.971 bits per heavy atom. The van der Waals surface area contributed by atoms with Gasteiger partial charge in [-0.2, -0.15) is 0 Å². The van der Waals surface area contributed by atoms with E-state index in [1.54, 1.807) is 36.4 Å². The number of benzene rings is 2. The molecule has 0 heterocycles. The van der Waals surface area contributed by atoms with Crippen LogP contribution in [0.4, 0.5) is 11.4 Å². The third-order valence-corrected chi connectivity index (χ3v) is 9.07. The maximum atomic E-state index is 13.1. The first-order chi connectivity index (χ1) is 16.8. The van der Waals surface area contributed by atoms with Gasteiger partial charge in [0.15, 0.2) is 0 Å². The molecule has 9 heteroatoms. The van der Waals surface area contributed by atoms with Gasteiger partial charge in [-0.05, 0) is 86.6 Å². The van der Waals surface area contributed by atoms with Crippen LogP contribution in [0, 0.1) is 23.2 Å². The second-order valence-electron chi connectivity index (χ2n) is 10.3. The van der Waals surface area contributed by atoms with Crippen LogP contribution in [0.3, 0.4) is 0 Å². The van der Waals surface area contributed by atoms with Gasteiger partial charge in [0.05, 0.1) is 24.2 Å². The van der Waals surface area contributed by atoms with E-state index < -0.39 is 15.9 Å². The number of para-hydroxylation sites is 2. The van der Waals surface area contributed by atoms with E-state index >= 15 is 0 Å². The second-order valence-corrected chi connectivity index (χ2v) is 11.9. The maximum Gasteiger partial charge on any atom is 0.262 e. The molecule has 4 aliphatic rings. The molecule has 186 valence electrons. The Balaban J connectivity index is 1.20. The number of sulfonamides is 1. The van der Waals surface area contributed by atoms with Crippen molar-refractivity contribution in [3.8, 4) is 5.75 Å². The van der Waals surface area contributed by atoms with Crippen LogP contribution in [0.1, 0.15) is 38.5 Å². The van der Waals surface area contributed by atoms with Crippen LogP contribution in [0.5, 0.6) is 5.75 Å². The van der Waals surface area contributed by atoms with Crippen LogP contribution in [0.25, 0.3) is 0 Å². The normalized spacial score (nSPS) is 26.7. The Morgan fingerprint density at radius 2 is 1.63 bits per heavy atom. The zero-order valence-electron chi connectivity index (χ0n) is 19.8. The fourth-order valence-corrected chi connectivity index (χ4v) is 7.73. The van der Waals surface area contributed by atoms with E-state index in [1.165, 1.54) is 38.5 Å². The molecule has 0 aliphatic heterocycles. The predicted molar refractivity (Wildman–Crippen MR) is 132 cm³/mol. The lowest BCUT2D eigenvalue weighted by atomic mass is 9.49. The zero-order valence-corrected chi connectivity index (χ0v) is 20.6. The summed E-state index contributed by atoms with van der Waals surface area (Å²) in [5.74, 6) is 1.94. The Labute approximate surface area is 205 Å². The van der Waals surface area contributed by atoms with E-state index in [-0.39, 0.29) is 22.8 Å². The highest BCUT2D eigenvalue weighted by atomic mass is 32.2. The van der Waals surface area contributed by atoms with Crippen LogP contribution in [0.15, 0.2) is 53.4 Å². The first kappa shape index (κ1) is 23.7. The fourth-order valence-electron chi connectivity index (χ4n) is 6.62. The largest absolute Gasteiger partial charge is 0.495 e. The molecule has 6 rings (SSSR count). The Hall–Kier alpha value is -3.07. The molecule has 0 aromatic heterocycles. The highest BCUT2D eigenvalue weighted by Crippen LogP contribution is 2.60. The van der Waals surface area contributed by atoms with Crippen molar-refractivity contribution in [1.29, 1.82) is 0 Å². The van der Waals surface area contributed by atoms with Crippen molar-refractivity contribution in [2.45, 2.75) is 43.4 Å². The van der Waals surface area contributed by atoms with Gasteiger partial charge in [0.25, 0.3) is 10.0 Å². The lowest BCUT2D eigenvalue weighted by Crippen LogP contribution is -2.54. The number of rotatable bonds is 8. The van der Waals surface area contributed by atoms with Gasteiger partial charge < -0.3 is 15.4 Å². The van der Waals surface area contributed by atoms with Crippen LogP contribution < -0.4 is 20.1 Å². The third-order valence-electron chi connectivity index (χ3n) is 7.71. The number of ether oxygens (including phenoxy) is 1. The van der Waals surface area contributed by atoms with Crippen LogP contribution in [-0.4, -0.2) is 33.9 Å². The molecule has 0 spiro atoms. The molecule has 0 unspecified atom stereocenters. The van der Waals surface area contributed by atoms with Crippen molar-refractivity contribution in [2.24, 2.45) is 23.2 Å². The molecule has 4 fully saturated rings. The highest BCUT2D eigenvalue weighted by Gasteiger charge is 2.54. The minimum absolute atomic E-state index is 0.00110. The van der Waals surface area contributed by atoms with E-state index in [2.05, 4.69) is 15.4 Å². The molecule has 4 bridgehead atoms. The third kappa shape index (κ3) is 4.87. The molecule has 4 saturated carbocycles. The highest BCUT2D eigenvalue weighted by molar-refractivity contribution is 7.92. The minimum atomic E-state index is -3.91. The lowest BCUT2D eigenvalue weighted by molar-refractivity contribution is -0.146. The van der Waals surface area contributed by atoms with Crippen molar-refractivity contribution < 1.29 is 22.7 Å². The van der Waals surface area contributed by atoms with Gasteiger partial charge in [-0.25, -0.2) is 8.42 Å². The average molecular weight is 498 g/mol. The van der Waals surface area contributed by atoms with Gasteiger partial charge in [0, 0.05) is 11.1 Å². The molecule has 2 amide bonds. The summed E-state index contributed by atoms with van der Waals surface area (Å²) in [5.41, 5.74) is 0.339. The standard InChI is InChI=1S/C26H31N3O5S/c1-34-23-8-3-2-7-22(23)29-35(32,33)21-6-4-5-20(12-21)28-24(30)16-27-25(31)26-13-17-9-18(14-26)11-19(10-17)15-26/h2-8,12,17-19,29H,9-11,13-16H2,1H3,(H,27,31)(H,28,30). The number of carbonyl (C=O) groups is 2. The van der Waals surface area contributed by atoms with E-state index in [9.17, 15) is 18.0 Å². The smallest absolute Gasteiger partial charge is 0.262 e. The first-order valence-electron chi connectivity index (χ1n) is 12.1. The summed E-state index contributed by atoms with van der Waals surface area (Å²) in [6.45, 7) is -0.142. The van der Waals surface area contributed by atoms with Gasteiger partial charge in [0.2, 0.25) is 11.8 Å². The number of hydrogen-bond donors (Lipinski definition) is 3. The van der Waals surface area contributed by atoms with Gasteiger partial charge in [-0.1, -0.05) is 18.2 Å². The van der Waals surface area contributed by atoms with Crippen molar-refractivity contribution in [3.63, 3.8) is 0 Å². The second kappa shape index (κ2) is 9.18. The molecule has 2 aromatic rings. The summed E-state index contributed by atoms with van der Waals surface area (Å²) in [6, 6.07) is 12.7. The first-order valence-corrected chi connectivity index (χ1v) is 13.6. The van der Waals surface area contributed by atoms with E-state index in [0.717, 1.165) is 19.3 Å². The van der Waals surface area contributed by atoms with Crippen molar-refractivity contribution in [3.05, 3.63) is 48.5 Å². The van der Waals surface area contributed by atoms with Gasteiger partial charge in [-0.3, -0.25) is 14.3 Å². The van der Waals surface area contributed by atoms with Gasteiger partial charge in [0.1, 0.15) is 5.75 Å². The predicted octanol–water partition coefficient (Wildman–Crippen LogP) is 3.77. The van der Waals surface area contributed by atoms with Crippen molar-refractivity contribution in [1.82, 2.24) is 5.32 Å². The van der Waals surface area contributed by atoms with E-state index in [1.807, 2.05) is 0 Å². The molecular weight excluding hydrogens is 466 g/mol. The number of hydrogen-bond acceptors (Lipinski definition) is 5. The summed E-state index contributed by atoms with van der Waals surface area (Å²) >= 11 is 0.